The van der Waals surface area contributed by atoms with Crippen molar-refractivity contribution in [2.45, 2.75) is 19.4 Å². The average molecular weight is 331 g/mol. The lowest BCUT2D eigenvalue weighted by Crippen LogP contribution is -2.37. The normalized spacial score (nSPS) is 12.2. The minimum Gasteiger partial charge on any atom is -0.325 e. The lowest BCUT2D eigenvalue weighted by atomic mass is 10.2. The molecule has 1 aromatic rings. The van der Waals surface area contributed by atoms with Crippen molar-refractivity contribution in [1.82, 2.24) is 5.32 Å². The van der Waals surface area contributed by atoms with Crippen LogP contribution < -0.4 is 10.6 Å². The summed E-state index contributed by atoms with van der Waals surface area (Å²) in [6.07, 6.45) is 3.11. The van der Waals surface area contributed by atoms with E-state index in [9.17, 15) is 4.79 Å². The van der Waals surface area contributed by atoms with Gasteiger partial charge in [0.15, 0.2) is 0 Å². The molecule has 18 heavy (non-hydrogen) atoms. The second kappa shape index (κ2) is 8.56. The molecule has 1 atom stereocenters. The first-order valence-corrected chi connectivity index (χ1v) is 8.12. The smallest absolute Gasteiger partial charge is 0.238 e. The van der Waals surface area contributed by atoms with Crippen LogP contribution in [0.15, 0.2) is 28.7 Å². The number of benzene rings is 1. The first-order valence-electron chi connectivity index (χ1n) is 5.93. The molecule has 1 aromatic carbocycles. The van der Waals surface area contributed by atoms with E-state index in [0.717, 1.165) is 22.3 Å². The van der Waals surface area contributed by atoms with Crippen molar-refractivity contribution in [3.63, 3.8) is 0 Å². The summed E-state index contributed by atoms with van der Waals surface area (Å²) in [7, 11) is 0. The third-order valence-electron chi connectivity index (χ3n) is 2.54. The monoisotopic (exact) mass is 330 g/mol. The summed E-state index contributed by atoms with van der Waals surface area (Å²) in [4.78, 5) is 11.7. The van der Waals surface area contributed by atoms with Crippen molar-refractivity contribution in [3.8, 4) is 0 Å². The molecule has 0 aromatic heterocycles. The maximum Gasteiger partial charge on any atom is 0.238 e. The van der Waals surface area contributed by atoms with Crippen molar-refractivity contribution in [2.24, 2.45) is 0 Å². The Hall–Kier alpha value is -0.520. The number of nitrogens with one attached hydrogen (secondary N) is 2. The molecule has 5 heteroatoms. The van der Waals surface area contributed by atoms with Gasteiger partial charge in [-0.15, -0.1) is 0 Å². The summed E-state index contributed by atoms with van der Waals surface area (Å²) in [6, 6.07) is 7.97. The van der Waals surface area contributed by atoms with E-state index in [1.165, 1.54) is 0 Å². The van der Waals surface area contributed by atoms with Gasteiger partial charge in [0.25, 0.3) is 0 Å². The largest absolute Gasteiger partial charge is 0.325 e. The quantitative estimate of drug-likeness (QED) is 0.807. The number of carbonyl (C=O) groups is 1. The number of hydrogen-bond acceptors (Lipinski definition) is 3. The van der Waals surface area contributed by atoms with E-state index in [1.807, 2.05) is 24.3 Å². The van der Waals surface area contributed by atoms with Crippen LogP contribution in [0.2, 0.25) is 0 Å². The Bertz CT molecular complexity index is 370. The van der Waals surface area contributed by atoms with Gasteiger partial charge in [0, 0.05) is 22.0 Å². The molecule has 0 saturated heterocycles. The molecule has 0 spiro atoms. The first-order chi connectivity index (χ1) is 8.65. The van der Waals surface area contributed by atoms with Gasteiger partial charge in [-0.25, -0.2) is 0 Å². The number of hydrogen-bond donors (Lipinski definition) is 2. The van der Waals surface area contributed by atoms with E-state index in [0.29, 0.717) is 12.6 Å². The van der Waals surface area contributed by atoms with Crippen molar-refractivity contribution in [1.29, 1.82) is 0 Å². The van der Waals surface area contributed by atoms with Gasteiger partial charge < -0.3 is 10.6 Å². The van der Waals surface area contributed by atoms with Gasteiger partial charge in [-0.05, 0) is 36.9 Å². The molecular weight excluding hydrogens is 312 g/mol. The van der Waals surface area contributed by atoms with Crippen molar-refractivity contribution >= 4 is 39.3 Å². The predicted octanol–water partition coefficient (Wildman–Crippen LogP) is 3.12. The van der Waals surface area contributed by atoms with Gasteiger partial charge in [0.2, 0.25) is 5.91 Å². The molecule has 0 aliphatic carbocycles. The summed E-state index contributed by atoms with van der Waals surface area (Å²) in [5, 5.41) is 6.12. The van der Waals surface area contributed by atoms with E-state index < -0.39 is 0 Å². The molecule has 0 aliphatic rings. The molecule has 0 fully saturated rings. The lowest BCUT2D eigenvalue weighted by Gasteiger charge is -2.15. The zero-order valence-electron chi connectivity index (χ0n) is 10.7. The third-order valence-corrected chi connectivity index (χ3v) is 3.80. The highest BCUT2D eigenvalue weighted by Crippen LogP contribution is 2.13. The van der Waals surface area contributed by atoms with E-state index in [4.69, 9.17) is 0 Å². The van der Waals surface area contributed by atoms with Gasteiger partial charge in [-0.1, -0.05) is 22.9 Å². The fourth-order valence-electron chi connectivity index (χ4n) is 1.50. The van der Waals surface area contributed by atoms with Crippen LogP contribution in [0, 0.1) is 0 Å². The Morgan fingerprint density at radius 1 is 1.39 bits per heavy atom. The Kier molecular flexibility index (Phi) is 7.39. The summed E-state index contributed by atoms with van der Waals surface area (Å²) in [5.41, 5.74) is 0.822. The van der Waals surface area contributed by atoms with E-state index in [2.05, 4.69) is 39.7 Å². The average Bonchev–Trinajstić information content (AvgIpc) is 2.37. The molecule has 0 heterocycles. The van der Waals surface area contributed by atoms with Gasteiger partial charge in [0.05, 0.1) is 6.54 Å². The highest BCUT2D eigenvalue weighted by molar-refractivity contribution is 9.10. The van der Waals surface area contributed by atoms with E-state index in [-0.39, 0.29) is 5.91 Å². The first kappa shape index (κ1) is 15.5. The van der Waals surface area contributed by atoms with Gasteiger partial charge in [-0.2, -0.15) is 11.8 Å². The molecular formula is C13H19BrN2OS. The standard InChI is InChI=1S/C13H19BrN2OS/c1-3-11(9-18-2)15-8-13(17)16-12-6-4-10(14)5-7-12/h4-7,11,15H,3,8-9H2,1-2H3,(H,16,17). The molecule has 100 valence electrons. The van der Waals surface area contributed by atoms with Gasteiger partial charge in [-0.3, -0.25) is 4.79 Å². The minimum absolute atomic E-state index is 0.00289. The molecule has 0 saturated carbocycles. The lowest BCUT2D eigenvalue weighted by molar-refractivity contribution is -0.115. The Morgan fingerprint density at radius 2 is 2.06 bits per heavy atom. The second-order valence-electron chi connectivity index (χ2n) is 4.00. The highest BCUT2D eigenvalue weighted by atomic mass is 79.9. The summed E-state index contributed by atoms with van der Waals surface area (Å²) >= 11 is 5.15. The van der Waals surface area contributed by atoms with Crippen molar-refractivity contribution in [2.75, 3.05) is 23.9 Å². The Balaban J connectivity index is 2.35. The maximum absolute atomic E-state index is 11.7. The third kappa shape index (κ3) is 5.89. The van der Waals surface area contributed by atoms with Crippen LogP contribution in [-0.2, 0) is 4.79 Å². The molecule has 0 bridgehead atoms. The molecule has 1 unspecified atom stereocenters. The summed E-state index contributed by atoms with van der Waals surface area (Å²) < 4.78 is 1.00. The molecule has 0 aliphatic heterocycles. The van der Waals surface area contributed by atoms with Crippen LogP contribution in [0.1, 0.15) is 13.3 Å². The van der Waals surface area contributed by atoms with Gasteiger partial charge >= 0.3 is 0 Å². The molecule has 1 rings (SSSR count). The number of amides is 1. The van der Waals surface area contributed by atoms with Crippen LogP contribution in [0.4, 0.5) is 5.69 Å². The number of thioether (sulfide) groups is 1. The van der Waals surface area contributed by atoms with Crippen LogP contribution in [0.25, 0.3) is 0 Å². The molecule has 2 N–H and O–H groups in total. The zero-order chi connectivity index (χ0) is 13.4. The van der Waals surface area contributed by atoms with Crippen LogP contribution in [0.5, 0.6) is 0 Å². The zero-order valence-corrected chi connectivity index (χ0v) is 13.1. The molecule has 3 nitrogen and oxygen atoms in total. The Morgan fingerprint density at radius 3 is 2.61 bits per heavy atom. The maximum atomic E-state index is 11.7. The fraction of sp³-hybridized carbons (Fsp3) is 0.462. The SMILES string of the molecule is CCC(CSC)NCC(=O)Nc1ccc(Br)cc1. The van der Waals surface area contributed by atoms with Crippen molar-refractivity contribution < 1.29 is 4.79 Å². The number of carbonyl (C=O) groups excluding carboxylic acids is 1. The minimum atomic E-state index is -0.00289. The molecule has 0 radical (unpaired) electrons. The second-order valence-corrected chi connectivity index (χ2v) is 5.82. The van der Waals surface area contributed by atoms with E-state index in [1.54, 1.807) is 11.8 Å². The Labute approximate surface area is 121 Å². The van der Waals surface area contributed by atoms with Gasteiger partial charge in [0.1, 0.15) is 0 Å². The number of halogens is 1. The van der Waals surface area contributed by atoms with Crippen LogP contribution >= 0.6 is 27.7 Å². The van der Waals surface area contributed by atoms with Crippen LogP contribution in [-0.4, -0.2) is 30.5 Å². The highest BCUT2D eigenvalue weighted by Gasteiger charge is 2.07. The fourth-order valence-corrected chi connectivity index (χ4v) is 2.52. The molecule has 1 amide bonds. The van der Waals surface area contributed by atoms with E-state index >= 15 is 0 Å². The van der Waals surface area contributed by atoms with Crippen LogP contribution in [0.3, 0.4) is 0 Å². The summed E-state index contributed by atoms with van der Waals surface area (Å²) in [6.45, 7) is 2.48. The number of rotatable bonds is 7. The predicted molar refractivity (Wildman–Crippen MR) is 83.2 cm³/mol. The van der Waals surface area contributed by atoms with Crippen molar-refractivity contribution in [3.05, 3.63) is 28.7 Å². The number of anilines is 1. The topological polar surface area (TPSA) is 41.1 Å². The summed E-state index contributed by atoms with van der Waals surface area (Å²) in [5.74, 6) is 1.03.